The van der Waals surface area contributed by atoms with E-state index in [0.717, 1.165) is 47.9 Å². The second-order valence-electron chi connectivity index (χ2n) is 9.83. The number of rotatable bonds is 6. The molecule has 9 heteroatoms. The number of halogens is 1. The second kappa shape index (κ2) is 9.68. The number of hydrogen-bond acceptors (Lipinski definition) is 5. The minimum Gasteiger partial charge on any atom is -0.506 e. The van der Waals surface area contributed by atoms with Gasteiger partial charge in [-0.05, 0) is 61.9 Å². The Morgan fingerprint density at radius 1 is 1.20 bits per heavy atom. The molecule has 2 aromatic heterocycles. The average molecular weight is 501 g/mol. The molecule has 0 bridgehead atoms. The molecule has 2 fully saturated rings. The summed E-state index contributed by atoms with van der Waals surface area (Å²) in [7, 11) is 4.15. The van der Waals surface area contributed by atoms with Crippen molar-refractivity contribution >= 4 is 29.3 Å². The number of aryl methyl sites for hydroxylation is 1. The highest BCUT2D eigenvalue weighted by Gasteiger charge is 2.40. The molecular formula is C26H33ClN4O4. The van der Waals surface area contributed by atoms with Crippen molar-refractivity contribution in [3.05, 3.63) is 51.4 Å². The predicted octanol–water partition coefficient (Wildman–Crippen LogP) is 3.35. The normalized spacial score (nSPS) is 21.9. The molecule has 3 atom stereocenters. The van der Waals surface area contributed by atoms with Crippen molar-refractivity contribution in [2.75, 3.05) is 20.1 Å². The number of benzene rings is 1. The Kier molecular flexibility index (Phi) is 6.99. The smallest absolute Gasteiger partial charge is 0.345 e. The molecule has 1 aliphatic carbocycles. The van der Waals surface area contributed by atoms with E-state index in [1.165, 1.54) is 18.5 Å². The molecule has 0 amide bonds. The van der Waals surface area contributed by atoms with Gasteiger partial charge in [-0.1, -0.05) is 13.0 Å². The van der Waals surface area contributed by atoms with Crippen LogP contribution in [0.1, 0.15) is 41.4 Å². The van der Waals surface area contributed by atoms with Crippen LogP contribution in [0.4, 0.5) is 0 Å². The molecule has 2 aliphatic rings. The number of likely N-dealkylation sites (tertiary alicyclic amines) is 1. The number of aromatic carboxylic acids is 1. The number of aromatic amines is 1. The highest BCUT2D eigenvalue weighted by Crippen LogP contribution is 2.39. The number of carboxylic acid groups (broad SMARTS) is 1. The van der Waals surface area contributed by atoms with Crippen LogP contribution in [-0.2, 0) is 20.0 Å². The molecule has 0 spiro atoms. The lowest BCUT2D eigenvalue weighted by Crippen LogP contribution is -2.27. The largest absolute Gasteiger partial charge is 0.506 e. The molecular weight excluding hydrogens is 468 g/mol. The summed E-state index contributed by atoms with van der Waals surface area (Å²) in [5.74, 6) is -0.327. The highest BCUT2D eigenvalue weighted by molar-refractivity contribution is 5.92. The number of H-pyrrole nitrogens is 1. The Labute approximate surface area is 210 Å². The molecule has 1 saturated carbocycles. The van der Waals surface area contributed by atoms with Crippen LogP contribution in [0.5, 0.6) is 5.75 Å². The average Bonchev–Trinajstić information content (AvgIpc) is 3.44. The van der Waals surface area contributed by atoms with Gasteiger partial charge in [-0.3, -0.25) is 9.69 Å². The maximum Gasteiger partial charge on any atom is 0.345 e. The van der Waals surface area contributed by atoms with E-state index in [2.05, 4.69) is 39.9 Å². The van der Waals surface area contributed by atoms with Gasteiger partial charge in [0.2, 0.25) is 0 Å². The number of carbonyl (C=O) groups is 1. The zero-order valence-corrected chi connectivity index (χ0v) is 21.1. The first-order valence-electron chi connectivity index (χ1n) is 12.0. The summed E-state index contributed by atoms with van der Waals surface area (Å²) < 4.78 is 2.22. The zero-order chi connectivity index (χ0) is 24.1. The molecule has 5 rings (SSSR count). The maximum atomic E-state index is 12.4. The summed E-state index contributed by atoms with van der Waals surface area (Å²) in [6.45, 7) is 5.02. The molecule has 4 N–H and O–H groups in total. The fraction of sp³-hybridized carbons (Fsp3) is 0.462. The Morgan fingerprint density at radius 2 is 1.89 bits per heavy atom. The number of aromatic nitrogens is 2. The van der Waals surface area contributed by atoms with Gasteiger partial charge in [-0.15, -0.1) is 12.4 Å². The number of nitrogens with one attached hydrogen (secondary N) is 2. The summed E-state index contributed by atoms with van der Waals surface area (Å²) in [6, 6.07) is 8.79. The molecule has 1 aliphatic heterocycles. The minimum atomic E-state index is -1.43. The first-order valence-corrected chi connectivity index (χ1v) is 12.0. The summed E-state index contributed by atoms with van der Waals surface area (Å²) in [6.07, 6.45) is 2.92. The van der Waals surface area contributed by atoms with Crippen LogP contribution < -0.4 is 10.9 Å². The lowest BCUT2D eigenvalue weighted by molar-refractivity contribution is 0.0691. The van der Waals surface area contributed by atoms with Crippen molar-refractivity contribution in [1.29, 1.82) is 0 Å². The second-order valence-corrected chi connectivity index (χ2v) is 9.83. The number of aromatic hydroxyl groups is 1. The fourth-order valence-electron chi connectivity index (χ4n) is 6.12. The quantitative estimate of drug-likeness (QED) is 0.413. The van der Waals surface area contributed by atoms with Gasteiger partial charge in [-0.2, -0.15) is 0 Å². The number of fused-ring (bicyclic) bond motifs is 2. The molecule has 1 saturated heterocycles. The van der Waals surface area contributed by atoms with E-state index in [4.69, 9.17) is 0 Å². The van der Waals surface area contributed by atoms with E-state index in [0.29, 0.717) is 23.7 Å². The van der Waals surface area contributed by atoms with E-state index in [-0.39, 0.29) is 12.4 Å². The SMILES string of the molecule is CCc1c(-c2ccc3c(c2)cc(CN2C[C@H]4C[C@@H](NC)C[C@H]4C2)n3C)[nH]c(=O)c(C(=O)O)c1O.Cl. The topological polar surface area (TPSA) is 111 Å². The van der Waals surface area contributed by atoms with Gasteiger partial charge in [0.1, 0.15) is 5.75 Å². The maximum absolute atomic E-state index is 12.4. The fourth-order valence-corrected chi connectivity index (χ4v) is 6.12. The Balaban J connectivity index is 0.00000289. The van der Waals surface area contributed by atoms with Crippen LogP contribution in [0.2, 0.25) is 0 Å². The van der Waals surface area contributed by atoms with E-state index in [1.54, 1.807) is 0 Å². The van der Waals surface area contributed by atoms with Crippen molar-refractivity contribution in [3.8, 4) is 17.0 Å². The third-order valence-corrected chi connectivity index (χ3v) is 7.91. The van der Waals surface area contributed by atoms with Gasteiger partial charge in [0.05, 0.1) is 5.69 Å². The number of hydrogen-bond donors (Lipinski definition) is 4. The zero-order valence-electron chi connectivity index (χ0n) is 20.3. The van der Waals surface area contributed by atoms with Crippen LogP contribution in [0.3, 0.4) is 0 Å². The van der Waals surface area contributed by atoms with Crippen LogP contribution in [0, 0.1) is 11.8 Å². The molecule has 0 radical (unpaired) electrons. The summed E-state index contributed by atoms with van der Waals surface area (Å²) in [5.41, 5.74) is 2.57. The van der Waals surface area contributed by atoms with Gasteiger partial charge >= 0.3 is 5.97 Å². The molecule has 3 aromatic rings. The van der Waals surface area contributed by atoms with Crippen molar-refractivity contribution < 1.29 is 15.0 Å². The lowest BCUT2D eigenvalue weighted by atomic mass is 9.99. The number of pyridine rings is 1. The monoisotopic (exact) mass is 500 g/mol. The van der Waals surface area contributed by atoms with E-state index < -0.39 is 22.8 Å². The van der Waals surface area contributed by atoms with Crippen LogP contribution in [-0.4, -0.2) is 56.8 Å². The third-order valence-electron chi connectivity index (χ3n) is 7.91. The summed E-state index contributed by atoms with van der Waals surface area (Å²) in [5, 5.41) is 24.3. The van der Waals surface area contributed by atoms with Gasteiger partial charge in [0.15, 0.2) is 5.56 Å². The molecule has 3 heterocycles. The summed E-state index contributed by atoms with van der Waals surface area (Å²) >= 11 is 0. The van der Waals surface area contributed by atoms with Crippen molar-refractivity contribution in [2.24, 2.45) is 18.9 Å². The minimum absolute atomic E-state index is 0. The van der Waals surface area contributed by atoms with Gasteiger partial charge in [0.25, 0.3) is 5.56 Å². The Bertz CT molecular complexity index is 1320. The lowest BCUT2D eigenvalue weighted by Gasteiger charge is -2.19. The van der Waals surface area contributed by atoms with Crippen LogP contribution in [0.25, 0.3) is 22.2 Å². The molecule has 35 heavy (non-hydrogen) atoms. The third kappa shape index (κ3) is 4.35. The van der Waals surface area contributed by atoms with Gasteiger partial charge in [-0.25, -0.2) is 4.79 Å². The van der Waals surface area contributed by atoms with Crippen LogP contribution >= 0.6 is 12.4 Å². The predicted molar refractivity (Wildman–Crippen MR) is 139 cm³/mol. The van der Waals surface area contributed by atoms with Crippen molar-refractivity contribution in [2.45, 2.75) is 38.8 Å². The van der Waals surface area contributed by atoms with Crippen molar-refractivity contribution in [1.82, 2.24) is 19.8 Å². The number of nitrogens with zero attached hydrogens (tertiary/aromatic N) is 2. The Morgan fingerprint density at radius 3 is 2.49 bits per heavy atom. The van der Waals surface area contributed by atoms with E-state index in [9.17, 15) is 19.8 Å². The Hall–Kier alpha value is -2.81. The first-order chi connectivity index (χ1) is 16.3. The number of carboxylic acids is 1. The molecule has 188 valence electrons. The summed E-state index contributed by atoms with van der Waals surface area (Å²) in [4.78, 5) is 29.0. The van der Waals surface area contributed by atoms with Crippen molar-refractivity contribution in [3.63, 3.8) is 0 Å². The molecule has 8 nitrogen and oxygen atoms in total. The molecule has 0 unspecified atom stereocenters. The van der Waals surface area contributed by atoms with Crippen LogP contribution in [0.15, 0.2) is 29.1 Å². The van der Waals surface area contributed by atoms with Gasteiger partial charge in [0, 0.05) is 54.9 Å². The molecule has 1 aromatic carbocycles. The highest BCUT2D eigenvalue weighted by atomic mass is 35.5. The first kappa shape index (κ1) is 25.3. The van der Waals surface area contributed by atoms with Gasteiger partial charge < -0.3 is 25.1 Å². The van der Waals surface area contributed by atoms with E-state index >= 15 is 0 Å². The van der Waals surface area contributed by atoms with E-state index in [1.807, 2.05) is 25.1 Å². The standard InChI is InChI=1S/C26H32N4O4.ClH/c1-4-20-23(28-25(32)22(24(20)31)26(33)34)14-5-6-21-15(7-14)10-19(29(21)3)13-30-11-16-8-18(27-2)9-17(16)12-30;/h5-7,10,16-18,27H,4,8-9,11-13H2,1-3H3,(H,33,34)(H2,28,31,32);1H/t16-,17+,18-;.